The second-order valence-corrected chi connectivity index (χ2v) is 2.94. The maximum absolute atomic E-state index is 10.6. The number of hydrogen-bond donors (Lipinski definition) is 0. The second-order valence-electron chi connectivity index (χ2n) is 2.51. The zero-order valence-electron chi connectivity index (χ0n) is 7.27. The van der Waals surface area contributed by atoms with Crippen LogP contribution in [0.5, 0.6) is 0 Å². The fourth-order valence-corrected chi connectivity index (χ4v) is 1.14. The molecule has 1 aromatic carbocycles. The van der Waals surface area contributed by atoms with Crippen molar-refractivity contribution in [3.05, 3.63) is 51.7 Å². The second kappa shape index (κ2) is 4.62. The molecule has 5 heteroatoms. The lowest BCUT2D eigenvalue weighted by Crippen LogP contribution is -1.96. The summed E-state index contributed by atoms with van der Waals surface area (Å²) in [6.07, 6.45) is 1.23. The third-order valence-electron chi connectivity index (χ3n) is 1.60. The normalized spacial score (nSPS) is 9.50. The Morgan fingerprint density at radius 2 is 2.36 bits per heavy atom. The van der Waals surface area contributed by atoms with E-state index < -0.39 is 4.92 Å². The highest BCUT2D eigenvalue weighted by atomic mass is 35.5. The Bertz CT molecular complexity index is 365. The standard InChI is InChI=1S/C9H8ClNO3/c1-2-14-6-7-3-4-8(10)5-9(7)11(12)13/h2-5H,1,6H2. The van der Waals surface area contributed by atoms with Crippen molar-refractivity contribution in [2.45, 2.75) is 6.61 Å². The number of ether oxygens (including phenoxy) is 1. The number of halogens is 1. The summed E-state index contributed by atoms with van der Waals surface area (Å²) in [7, 11) is 0. The zero-order chi connectivity index (χ0) is 10.6. The number of rotatable bonds is 4. The van der Waals surface area contributed by atoms with Gasteiger partial charge in [0.05, 0.1) is 16.7 Å². The molecule has 0 unspecified atom stereocenters. The van der Waals surface area contributed by atoms with Crippen LogP contribution in [0.4, 0.5) is 5.69 Å². The molecule has 74 valence electrons. The first kappa shape index (κ1) is 10.5. The summed E-state index contributed by atoms with van der Waals surface area (Å²) in [6, 6.07) is 4.43. The smallest absolute Gasteiger partial charge is 0.277 e. The van der Waals surface area contributed by atoms with Gasteiger partial charge in [-0.2, -0.15) is 0 Å². The summed E-state index contributed by atoms with van der Waals surface area (Å²) >= 11 is 5.63. The first-order chi connectivity index (χ1) is 6.65. The van der Waals surface area contributed by atoms with E-state index in [1.807, 2.05) is 0 Å². The van der Waals surface area contributed by atoms with Crippen LogP contribution in [0.25, 0.3) is 0 Å². The molecule has 0 fully saturated rings. The molecule has 0 aliphatic rings. The van der Waals surface area contributed by atoms with E-state index in [9.17, 15) is 10.1 Å². The van der Waals surface area contributed by atoms with Gasteiger partial charge in [-0.3, -0.25) is 10.1 Å². The summed E-state index contributed by atoms with van der Waals surface area (Å²) in [4.78, 5) is 10.1. The topological polar surface area (TPSA) is 52.4 Å². The number of nitro groups is 1. The molecule has 0 saturated heterocycles. The van der Waals surface area contributed by atoms with Crippen molar-refractivity contribution in [1.29, 1.82) is 0 Å². The van der Waals surface area contributed by atoms with Crippen molar-refractivity contribution >= 4 is 17.3 Å². The van der Waals surface area contributed by atoms with E-state index in [1.165, 1.54) is 12.3 Å². The van der Waals surface area contributed by atoms with Gasteiger partial charge >= 0.3 is 0 Å². The minimum absolute atomic E-state index is 0.0423. The van der Waals surface area contributed by atoms with Crippen LogP contribution in [0.15, 0.2) is 31.0 Å². The molecule has 0 aliphatic carbocycles. The summed E-state index contributed by atoms with van der Waals surface area (Å²) < 4.78 is 4.87. The van der Waals surface area contributed by atoms with Crippen molar-refractivity contribution in [1.82, 2.24) is 0 Å². The first-order valence-corrected chi connectivity index (χ1v) is 4.18. The van der Waals surface area contributed by atoms with Crippen LogP contribution >= 0.6 is 11.6 Å². The molecule has 0 aliphatic heterocycles. The van der Waals surface area contributed by atoms with E-state index in [1.54, 1.807) is 12.1 Å². The number of benzene rings is 1. The largest absolute Gasteiger partial charge is 0.497 e. The van der Waals surface area contributed by atoms with E-state index in [2.05, 4.69) is 6.58 Å². The molecule has 0 aromatic heterocycles. The highest BCUT2D eigenvalue weighted by molar-refractivity contribution is 6.30. The van der Waals surface area contributed by atoms with E-state index >= 15 is 0 Å². The van der Waals surface area contributed by atoms with Gasteiger partial charge < -0.3 is 4.74 Å². The molecule has 0 bridgehead atoms. The fraction of sp³-hybridized carbons (Fsp3) is 0.111. The molecule has 0 saturated carbocycles. The maximum atomic E-state index is 10.6. The molecule has 1 rings (SSSR count). The van der Waals surface area contributed by atoms with Crippen LogP contribution in [0.2, 0.25) is 5.02 Å². The van der Waals surface area contributed by atoms with Gasteiger partial charge in [-0.25, -0.2) is 0 Å². The van der Waals surface area contributed by atoms with Crippen LogP contribution in [0, 0.1) is 10.1 Å². The molecular weight excluding hydrogens is 206 g/mol. The monoisotopic (exact) mass is 213 g/mol. The van der Waals surface area contributed by atoms with Gasteiger partial charge in [0.15, 0.2) is 0 Å². The molecule has 0 amide bonds. The molecular formula is C9H8ClNO3. The number of nitrogens with zero attached hydrogens (tertiary/aromatic N) is 1. The zero-order valence-corrected chi connectivity index (χ0v) is 8.03. The third-order valence-corrected chi connectivity index (χ3v) is 1.84. The van der Waals surface area contributed by atoms with Gasteiger partial charge in [-0.05, 0) is 12.1 Å². The quantitative estimate of drug-likeness (QED) is 0.439. The highest BCUT2D eigenvalue weighted by Crippen LogP contribution is 2.23. The summed E-state index contributed by atoms with van der Waals surface area (Å²) in [6.45, 7) is 3.47. The van der Waals surface area contributed by atoms with Gasteiger partial charge in [0.2, 0.25) is 0 Å². The third kappa shape index (κ3) is 2.47. The Hall–Kier alpha value is -1.55. The van der Waals surface area contributed by atoms with Crippen molar-refractivity contribution < 1.29 is 9.66 Å². The van der Waals surface area contributed by atoms with Gasteiger partial charge in [0.1, 0.15) is 6.61 Å². The molecule has 0 radical (unpaired) electrons. The van der Waals surface area contributed by atoms with Gasteiger partial charge in [0, 0.05) is 11.1 Å². The molecule has 0 atom stereocenters. The maximum Gasteiger partial charge on any atom is 0.277 e. The molecule has 0 N–H and O–H groups in total. The summed E-state index contributed by atoms with van der Waals surface area (Å²) in [5.41, 5.74) is 0.429. The van der Waals surface area contributed by atoms with E-state index in [-0.39, 0.29) is 12.3 Å². The van der Waals surface area contributed by atoms with Gasteiger partial charge in [-0.15, -0.1) is 0 Å². The molecule has 0 spiro atoms. The predicted octanol–water partition coefficient (Wildman–Crippen LogP) is 2.91. The average Bonchev–Trinajstić information content (AvgIpc) is 2.15. The minimum Gasteiger partial charge on any atom is -0.497 e. The van der Waals surface area contributed by atoms with E-state index in [0.717, 1.165) is 0 Å². The first-order valence-electron chi connectivity index (χ1n) is 3.80. The fourth-order valence-electron chi connectivity index (χ4n) is 0.978. The van der Waals surface area contributed by atoms with E-state index in [4.69, 9.17) is 16.3 Å². The number of hydrogen-bond acceptors (Lipinski definition) is 3. The van der Waals surface area contributed by atoms with Crippen molar-refractivity contribution in [3.63, 3.8) is 0 Å². The Balaban J connectivity index is 3.01. The van der Waals surface area contributed by atoms with Crippen LogP contribution < -0.4 is 0 Å². The molecule has 0 heterocycles. The molecule has 1 aromatic rings. The summed E-state index contributed by atoms with van der Waals surface area (Å²) in [5, 5.41) is 10.9. The van der Waals surface area contributed by atoms with Gasteiger partial charge in [-0.1, -0.05) is 18.2 Å². The summed E-state index contributed by atoms with van der Waals surface area (Å²) in [5.74, 6) is 0. The van der Waals surface area contributed by atoms with Crippen LogP contribution in [0.1, 0.15) is 5.56 Å². The lowest BCUT2D eigenvalue weighted by Gasteiger charge is -2.02. The average molecular weight is 214 g/mol. The minimum atomic E-state index is -0.492. The molecule has 4 nitrogen and oxygen atoms in total. The SMILES string of the molecule is C=COCc1ccc(Cl)cc1[N+](=O)[O-]. The van der Waals surface area contributed by atoms with Crippen molar-refractivity contribution in [2.24, 2.45) is 0 Å². The lowest BCUT2D eigenvalue weighted by molar-refractivity contribution is -0.385. The van der Waals surface area contributed by atoms with Crippen molar-refractivity contribution in [3.8, 4) is 0 Å². The Labute approximate surface area is 85.9 Å². The molecule has 14 heavy (non-hydrogen) atoms. The van der Waals surface area contributed by atoms with Crippen molar-refractivity contribution in [2.75, 3.05) is 0 Å². The predicted molar refractivity (Wildman–Crippen MR) is 53.1 cm³/mol. The lowest BCUT2D eigenvalue weighted by atomic mass is 10.2. The Kier molecular flexibility index (Phi) is 3.48. The number of nitro benzene ring substituents is 1. The highest BCUT2D eigenvalue weighted by Gasteiger charge is 2.13. The Morgan fingerprint density at radius 3 is 2.93 bits per heavy atom. The van der Waals surface area contributed by atoms with Crippen LogP contribution in [-0.4, -0.2) is 4.92 Å². The Morgan fingerprint density at radius 1 is 1.64 bits per heavy atom. The van der Waals surface area contributed by atoms with Crippen LogP contribution in [-0.2, 0) is 11.3 Å². The van der Waals surface area contributed by atoms with Crippen LogP contribution in [0.3, 0.4) is 0 Å². The van der Waals surface area contributed by atoms with E-state index in [0.29, 0.717) is 10.6 Å². The van der Waals surface area contributed by atoms with Gasteiger partial charge in [0.25, 0.3) is 5.69 Å².